The van der Waals surface area contributed by atoms with Crippen molar-refractivity contribution in [2.75, 3.05) is 7.05 Å². The van der Waals surface area contributed by atoms with E-state index in [9.17, 15) is 9.90 Å². The monoisotopic (exact) mass is 323 g/mol. The van der Waals surface area contributed by atoms with Crippen LogP contribution in [0, 0.1) is 0 Å². The van der Waals surface area contributed by atoms with E-state index in [-0.39, 0.29) is 17.7 Å². The number of hydrogen-bond donors (Lipinski definition) is 1. The topological polar surface area (TPSA) is 53.7 Å². The highest BCUT2D eigenvalue weighted by molar-refractivity contribution is 9.10. The molecule has 1 unspecified atom stereocenters. The van der Waals surface area contributed by atoms with E-state index in [0.29, 0.717) is 15.8 Å². The van der Waals surface area contributed by atoms with Gasteiger partial charge in [0.15, 0.2) is 4.67 Å². The van der Waals surface area contributed by atoms with Crippen LogP contribution in [0.3, 0.4) is 0 Å². The minimum absolute atomic E-state index is 0.170. The minimum atomic E-state index is -0.240. The minimum Gasteiger partial charge on any atom is -0.508 e. The van der Waals surface area contributed by atoms with Gasteiger partial charge in [-0.3, -0.25) is 4.79 Å². The van der Waals surface area contributed by atoms with Crippen LogP contribution >= 0.6 is 15.9 Å². The number of rotatable bonds is 3. The summed E-state index contributed by atoms with van der Waals surface area (Å²) in [5.74, 6) is 0.0114. The molecule has 0 saturated heterocycles. The van der Waals surface area contributed by atoms with E-state index < -0.39 is 0 Å². The lowest BCUT2D eigenvalue weighted by molar-refractivity contribution is 0.0739. The highest BCUT2D eigenvalue weighted by Crippen LogP contribution is 2.29. The molecule has 19 heavy (non-hydrogen) atoms. The van der Waals surface area contributed by atoms with Gasteiger partial charge in [-0.15, -0.1) is 0 Å². The predicted octanol–water partition coefficient (Wildman–Crippen LogP) is 3.58. The van der Waals surface area contributed by atoms with Gasteiger partial charge in [-0.1, -0.05) is 18.2 Å². The fourth-order valence-electron chi connectivity index (χ4n) is 1.86. The van der Waals surface area contributed by atoms with E-state index in [2.05, 4.69) is 15.9 Å². The molecule has 100 valence electrons. The van der Waals surface area contributed by atoms with Gasteiger partial charge in [-0.05, 0) is 35.0 Å². The molecule has 1 heterocycles. The Kier molecular flexibility index (Phi) is 3.95. The molecule has 1 amide bonds. The first-order valence-electron chi connectivity index (χ1n) is 5.80. The van der Waals surface area contributed by atoms with Gasteiger partial charge in [0.05, 0.1) is 17.9 Å². The molecule has 0 bridgehead atoms. The van der Waals surface area contributed by atoms with Crippen molar-refractivity contribution in [3.8, 4) is 5.75 Å². The molecule has 1 atom stereocenters. The molecule has 1 N–H and O–H groups in total. The molecule has 0 aliphatic heterocycles. The summed E-state index contributed by atoms with van der Waals surface area (Å²) in [6.07, 6.45) is 1.45. The lowest BCUT2D eigenvalue weighted by atomic mass is 10.1. The SMILES string of the molecule is CC(c1ccccc1O)N(C)C(=O)c1ccoc1Br. The van der Waals surface area contributed by atoms with Crippen molar-refractivity contribution in [2.45, 2.75) is 13.0 Å². The Labute approximate surface area is 119 Å². The first kappa shape index (κ1) is 13.7. The molecule has 0 aliphatic rings. The molecule has 2 rings (SSSR count). The third kappa shape index (κ3) is 2.66. The zero-order chi connectivity index (χ0) is 14.0. The van der Waals surface area contributed by atoms with E-state index in [0.717, 1.165) is 0 Å². The summed E-state index contributed by atoms with van der Waals surface area (Å²) in [5.41, 5.74) is 1.17. The first-order valence-corrected chi connectivity index (χ1v) is 6.59. The molecule has 0 saturated carbocycles. The third-order valence-electron chi connectivity index (χ3n) is 3.14. The van der Waals surface area contributed by atoms with Crippen molar-refractivity contribution in [1.82, 2.24) is 4.90 Å². The number of para-hydroxylation sites is 1. The number of halogens is 1. The summed E-state index contributed by atoms with van der Waals surface area (Å²) < 4.78 is 5.48. The zero-order valence-corrected chi connectivity index (χ0v) is 12.2. The summed E-state index contributed by atoms with van der Waals surface area (Å²) in [7, 11) is 1.69. The van der Waals surface area contributed by atoms with Gasteiger partial charge < -0.3 is 14.4 Å². The normalized spacial score (nSPS) is 12.2. The Morgan fingerprint density at radius 3 is 2.63 bits per heavy atom. The van der Waals surface area contributed by atoms with Gasteiger partial charge in [0.2, 0.25) is 0 Å². The number of benzene rings is 1. The largest absolute Gasteiger partial charge is 0.508 e. The maximum Gasteiger partial charge on any atom is 0.258 e. The van der Waals surface area contributed by atoms with Crippen LogP contribution < -0.4 is 0 Å². The number of nitrogens with zero attached hydrogens (tertiary/aromatic N) is 1. The Morgan fingerprint density at radius 1 is 1.37 bits per heavy atom. The van der Waals surface area contributed by atoms with Crippen molar-refractivity contribution < 1.29 is 14.3 Å². The number of amides is 1. The standard InChI is InChI=1S/C14H14BrNO3/c1-9(10-5-3-4-6-12(10)17)16(2)14(18)11-7-8-19-13(11)15/h3-9,17H,1-2H3. The van der Waals surface area contributed by atoms with Crippen molar-refractivity contribution in [3.63, 3.8) is 0 Å². The second kappa shape index (κ2) is 5.48. The second-order valence-electron chi connectivity index (χ2n) is 4.26. The molecule has 0 radical (unpaired) electrons. The highest BCUT2D eigenvalue weighted by atomic mass is 79.9. The Hall–Kier alpha value is -1.75. The fourth-order valence-corrected chi connectivity index (χ4v) is 2.27. The maximum atomic E-state index is 12.3. The lowest BCUT2D eigenvalue weighted by Crippen LogP contribution is -2.29. The molecular weight excluding hydrogens is 310 g/mol. The Balaban J connectivity index is 2.25. The van der Waals surface area contributed by atoms with E-state index in [1.807, 2.05) is 13.0 Å². The molecule has 4 nitrogen and oxygen atoms in total. The van der Waals surface area contributed by atoms with Crippen LogP contribution in [-0.2, 0) is 0 Å². The van der Waals surface area contributed by atoms with Crippen molar-refractivity contribution in [1.29, 1.82) is 0 Å². The average molecular weight is 324 g/mol. The smallest absolute Gasteiger partial charge is 0.258 e. The fraction of sp³-hybridized carbons (Fsp3) is 0.214. The van der Waals surface area contributed by atoms with E-state index in [1.165, 1.54) is 6.26 Å². The Bertz CT molecular complexity index is 594. The van der Waals surface area contributed by atoms with Crippen LogP contribution in [0.1, 0.15) is 28.9 Å². The van der Waals surface area contributed by atoms with Gasteiger partial charge in [0.25, 0.3) is 5.91 Å². The van der Waals surface area contributed by atoms with Gasteiger partial charge in [-0.2, -0.15) is 0 Å². The van der Waals surface area contributed by atoms with Gasteiger partial charge in [0, 0.05) is 12.6 Å². The lowest BCUT2D eigenvalue weighted by Gasteiger charge is -2.25. The second-order valence-corrected chi connectivity index (χ2v) is 4.98. The van der Waals surface area contributed by atoms with Crippen LogP contribution in [0.4, 0.5) is 0 Å². The summed E-state index contributed by atoms with van der Waals surface area (Å²) in [5, 5.41) is 9.83. The Morgan fingerprint density at radius 2 is 2.05 bits per heavy atom. The van der Waals surface area contributed by atoms with Crippen LogP contribution in [0.25, 0.3) is 0 Å². The van der Waals surface area contributed by atoms with Crippen LogP contribution in [0.5, 0.6) is 5.75 Å². The molecule has 0 fully saturated rings. The molecule has 2 aromatic rings. The molecule has 1 aromatic carbocycles. The molecule has 0 spiro atoms. The number of phenolic OH excluding ortho intramolecular Hbond substituents is 1. The number of carbonyl (C=O) groups excluding carboxylic acids is 1. The average Bonchev–Trinajstić information content (AvgIpc) is 2.83. The molecule has 1 aromatic heterocycles. The molecule has 5 heteroatoms. The van der Waals surface area contributed by atoms with Crippen molar-refractivity contribution >= 4 is 21.8 Å². The summed E-state index contributed by atoms with van der Waals surface area (Å²) in [6.45, 7) is 1.86. The highest BCUT2D eigenvalue weighted by Gasteiger charge is 2.23. The third-order valence-corrected chi connectivity index (χ3v) is 3.75. The van der Waals surface area contributed by atoms with Gasteiger partial charge in [0.1, 0.15) is 5.75 Å². The maximum absolute atomic E-state index is 12.3. The van der Waals surface area contributed by atoms with Gasteiger partial charge in [-0.25, -0.2) is 0 Å². The quantitative estimate of drug-likeness (QED) is 0.939. The number of phenols is 1. The van der Waals surface area contributed by atoms with E-state index in [1.54, 1.807) is 36.2 Å². The van der Waals surface area contributed by atoms with Crippen molar-refractivity contribution in [2.24, 2.45) is 0 Å². The van der Waals surface area contributed by atoms with Gasteiger partial charge >= 0.3 is 0 Å². The van der Waals surface area contributed by atoms with Crippen LogP contribution in [0.15, 0.2) is 45.7 Å². The van der Waals surface area contributed by atoms with Crippen molar-refractivity contribution in [3.05, 3.63) is 52.4 Å². The number of aromatic hydroxyl groups is 1. The van der Waals surface area contributed by atoms with E-state index >= 15 is 0 Å². The zero-order valence-electron chi connectivity index (χ0n) is 10.6. The summed E-state index contributed by atoms with van der Waals surface area (Å²) >= 11 is 3.19. The van der Waals surface area contributed by atoms with E-state index in [4.69, 9.17) is 4.42 Å². The van der Waals surface area contributed by atoms with Crippen LogP contribution in [-0.4, -0.2) is 23.0 Å². The number of hydrogen-bond acceptors (Lipinski definition) is 3. The van der Waals surface area contributed by atoms with Crippen LogP contribution in [0.2, 0.25) is 0 Å². The first-order chi connectivity index (χ1) is 9.02. The number of furan rings is 1. The summed E-state index contributed by atoms with van der Waals surface area (Å²) in [4.78, 5) is 13.9. The molecule has 0 aliphatic carbocycles. The number of carbonyl (C=O) groups is 1. The predicted molar refractivity (Wildman–Crippen MR) is 75.0 cm³/mol. The summed E-state index contributed by atoms with van der Waals surface area (Å²) in [6, 6.07) is 8.36. The molecular formula is C14H14BrNO3.